The van der Waals surface area contributed by atoms with E-state index in [4.69, 9.17) is 4.42 Å². The number of imide groups is 1. The lowest BCUT2D eigenvalue weighted by Crippen LogP contribution is -2.35. The van der Waals surface area contributed by atoms with Gasteiger partial charge in [-0.3, -0.25) is 19.0 Å². The van der Waals surface area contributed by atoms with Crippen molar-refractivity contribution in [3.63, 3.8) is 0 Å². The van der Waals surface area contributed by atoms with Gasteiger partial charge in [0.2, 0.25) is 0 Å². The van der Waals surface area contributed by atoms with Crippen LogP contribution in [0, 0.1) is 5.92 Å². The number of carbonyl (C=O) groups is 2. The third-order valence-corrected chi connectivity index (χ3v) is 3.51. The maximum absolute atomic E-state index is 12.5. The summed E-state index contributed by atoms with van der Waals surface area (Å²) in [5.41, 5.74) is 0.680. The number of benzene rings is 1. The summed E-state index contributed by atoms with van der Waals surface area (Å²) in [7, 11) is 0. The fraction of sp³-hybridized carbons (Fsp3) is 0.333. The Kier molecular flexibility index (Phi) is 3.40. The highest BCUT2D eigenvalue weighted by Gasteiger charge is 2.42. The zero-order valence-electron chi connectivity index (χ0n) is 12.1. The molecule has 0 bridgehead atoms. The Morgan fingerprint density at radius 2 is 1.68 bits per heavy atom. The molecule has 22 heavy (non-hydrogen) atoms. The van der Waals surface area contributed by atoms with E-state index in [0.717, 1.165) is 4.90 Å². The molecule has 1 unspecified atom stereocenters. The molecule has 114 valence electrons. The van der Waals surface area contributed by atoms with E-state index in [9.17, 15) is 14.4 Å². The van der Waals surface area contributed by atoms with Crippen molar-refractivity contribution in [2.75, 3.05) is 0 Å². The summed E-state index contributed by atoms with van der Waals surface area (Å²) in [6.07, 6.45) is 0.418. The molecule has 2 amide bonds. The SMILES string of the molecule is CC(C)CC(c1noc(=O)o1)N1C(=O)c2ccccc2C1=O. The maximum atomic E-state index is 12.5. The van der Waals surface area contributed by atoms with Gasteiger partial charge >= 0.3 is 5.82 Å². The van der Waals surface area contributed by atoms with Crippen LogP contribution in [0.2, 0.25) is 0 Å². The van der Waals surface area contributed by atoms with Crippen molar-refractivity contribution in [3.8, 4) is 0 Å². The standard InChI is InChI=1S/C15H14N2O5/c1-8(2)7-11(12-16-22-15(20)21-12)17-13(18)9-5-3-4-6-10(9)14(17)19/h3-6,8,11H,7H2,1-2H3. The van der Waals surface area contributed by atoms with Gasteiger partial charge in [0.05, 0.1) is 11.1 Å². The molecule has 1 aliphatic rings. The van der Waals surface area contributed by atoms with Gasteiger partial charge in [0, 0.05) is 0 Å². The predicted molar refractivity (Wildman–Crippen MR) is 74.2 cm³/mol. The van der Waals surface area contributed by atoms with Crippen LogP contribution >= 0.6 is 0 Å². The van der Waals surface area contributed by atoms with E-state index in [1.54, 1.807) is 24.3 Å². The van der Waals surface area contributed by atoms with E-state index in [-0.39, 0.29) is 11.8 Å². The molecule has 0 radical (unpaired) electrons. The molecule has 1 aromatic carbocycles. The summed E-state index contributed by atoms with van der Waals surface area (Å²) in [5.74, 6) is -1.71. The number of hydrogen-bond donors (Lipinski definition) is 0. The van der Waals surface area contributed by atoms with Gasteiger partial charge < -0.3 is 4.42 Å². The van der Waals surface area contributed by atoms with Crippen molar-refractivity contribution in [1.29, 1.82) is 0 Å². The van der Waals surface area contributed by atoms with Crippen molar-refractivity contribution in [2.24, 2.45) is 5.92 Å². The minimum Gasteiger partial charge on any atom is -0.373 e. The summed E-state index contributed by atoms with van der Waals surface area (Å²) in [6.45, 7) is 3.87. The molecule has 2 heterocycles. The molecule has 0 fully saturated rings. The molecule has 2 aromatic rings. The molecular weight excluding hydrogens is 288 g/mol. The van der Waals surface area contributed by atoms with Crippen LogP contribution in [0.15, 0.2) is 38.0 Å². The second-order valence-corrected chi connectivity index (χ2v) is 5.54. The Morgan fingerprint density at radius 3 is 2.14 bits per heavy atom. The Morgan fingerprint density at radius 1 is 1.09 bits per heavy atom. The summed E-state index contributed by atoms with van der Waals surface area (Å²) in [6, 6.07) is 5.82. The first-order chi connectivity index (χ1) is 10.5. The number of aromatic nitrogens is 1. The third kappa shape index (κ3) is 2.24. The molecule has 0 saturated heterocycles. The van der Waals surface area contributed by atoms with Crippen molar-refractivity contribution in [3.05, 3.63) is 51.9 Å². The van der Waals surface area contributed by atoms with Gasteiger partial charge in [0.25, 0.3) is 17.7 Å². The fourth-order valence-electron chi connectivity index (χ4n) is 2.59. The topological polar surface area (TPSA) is 93.6 Å². The van der Waals surface area contributed by atoms with Crippen molar-refractivity contribution >= 4 is 11.8 Å². The molecule has 3 rings (SSSR count). The molecule has 0 spiro atoms. The van der Waals surface area contributed by atoms with Crippen LogP contribution in [0.4, 0.5) is 0 Å². The number of fused-ring (bicyclic) bond motifs is 1. The summed E-state index contributed by atoms with van der Waals surface area (Å²) in [5, 5.41) is 3.55. The highest BCUT2D eigenvalue weighted by molar-refractivity contribution is 6.21. The zero-order valence-corrected chi connectivity index (χ0v) is 12.1. The number of nitrogens with zero attached hydrogens (tertiary/aromatic N) is 2. The van der Waals surface area contributed by atoms with E-state index in [1.807, 2.05) is 13.8 Å². The second kappa shape index (κ2) is 5.25. The van der Waals surface area contributed by atoms with Crippen LogP contribution in [0.3, 0.4) is 0 Å². The largest absolute Gasteiger partial charge is 0.542 e. The van der Waals surface area contributed by atoms with Crippen LogP contribution < -0.4 is 5.82 Å². The van der Waals surface area contributed by atoms with Crippen LogP contribution in [0.25, 0.3) is 0 Å². The summed E-state index contributed by atoms with van der Waals surface area (Å²) < 4.78 is 9.29. The smallest absolute Gasteiger partial charge is 0.373 e. The van der Waals surface area contributed by atoms with E-state index in [0.29, 0.717) is 17.5 Å². The Bertz CT molecular complexity index is 754. The first-order valence-corrected chi connectivity index (χ1v) is 6.92. The number of amides is 2. The van der Waals surface area contributed by atoms with Gasteiger partial charge in [0.1, 0.15) is 6.04 Å². The van der Waals surface area contributed by atoms with Crippen LogP contribution in [-0.2, 0) is 0 Å². The van der Waals surface area contributed by atoms with Crippen molar-refractivity contribution in [2.45, 2.75) is 26.3 Å². The number of hydrogen-bond acceptors (Lipinski definition) is 6. The van der Waals surface area contributed by atoms with Gasteiger partial charge in [-0.2, -0.15) is 0 Å². The van der Waals surface area contributed by atoms with E-state index < -0.39 is 23.7 Å². The summed E-state index contributed by atoms with van der Waals surface area (Å²) >= 11 is 0. The van der Waals surface area contributed by atoms with E-state index >= 15 is 0 Å². The van der Waals surface area contributed by atoms with Gasteiger partial charge in [-0.1, -0.05) is 26.0 Å². The zero-order chi connectivity index (χ0) is 15.9. The average molecular weight is 302 g/mol. The Balaban J connectivity index is 2.04. The molecule has 1 atom stereocenters. The van der Waals surface area contributed by atoms with Crippen LogP contribution in [0.1, 0.15) is 52.9 Å². The van der Waals surface area contributed by atoms with Gasteiger partial charge in [-0.25, -0.2) is 4.79 Å². The molecule has 1 aromatic heterocycles. The summed E-state index contributed by atoms with van der Waals surface area (Å²) in [4.78, 5) is 37.3. The first kappa shape index (κ1) is 14.2. The van der Waals surface area contributed by atoms with Gasteiger partial charge in [0.15, 0.2) is 0 Å². The monoisotopic (exact) mass is 302 g/mol. The Hall–Kier alpha value is -2.70. The lowest BCUT2D eigenvalue weighted by atomic mass is 10.0. The highest BCUT2D eigenvalue weighted by atomic mass is 16.6. The number of carbonyl (C=O) groups excluding carboxylic acids is 2. The molecule has 7 heteroatoms. The van der Waals surface area contributed by atoms with Crippen molar-refractivity contribution in [1.82, 2.24) is 10.1 Å². The highest BCUT2D eigenvalue weighted by Crippen LogP contribution is 2.34. The van der Waals surface area contributed by atoms with Crippen molar-refractivity contribution < 1.29 is 18.5 Å². The van der Waals surface area contributed by atoms with Gasteiger partial charge in [-0.05, 0) is 29.6 Å². The second-order valence-electron chi connectivity index (χ2n) is 5.54. The van der Waals surface area contributed by atoms with E-state index in [1.165, 1.54) is 0 Å². The predicted octanol–water partition coefficient (Wildman–Crippen LogP) is 2.01. The van der Waals surface area contributed by atoms with Crippen LogP contribution in [-0.4, -0.2) is 21.9 Å². The number of rotatable bonds is 4. The normalized spacial score (nSPS) is 15.5. The lowest BCUT2D eigenvalue weighted by molar-refractivity contribution is 0.0534. The van der Waals surface area contributed by atoms with Crippen LogP contribution in [0.5, 0.6) is 0 Å². The maximum Gasteiger partial charge on any atom is 0.542 e. The van der Waals surface area contributed by atoms with Gasteiger partial charge in [-0.15, -0.1) is 0 Å². The third-order valence-electron chi connectivity index (χ3n) is 3.51. The molecule has 7 nitrogen and oxygen atoms in total. The average Bonchev–Trinajstić information content (AvgIpc) is 3.01. The lowest BCUT2D eigenvalue weighted by Gasteiger charge is -2.24. The molecule has 0 aliphatic carbocycles. The van der Waals surface area contributed by atoms with E-state index in [2.05, 4.69) is 9.68 Å². The fourth-order valence-corrected chi connectivity index (χ4v) is 2.59. The molecule has 1 aliphatic heterocycles. The molecule has 0 saturated carbocycles. The minimum atomic E-state index is -0.958. The molecular formula is C15H14N2O5. The quantitative estimate of drug-likeness (QED) is 0.802. The first-order valence-electron chi connectivity index (χ1n) is 6.92. The minimum absolute atomic E-state index is 0.0618. The molecule has 0 N–H and O–H groups in total. The Labute approximate surface area is 125 Å².